The molecular weight excluding hydrogens is 354 g/mol. The monoisotopic (exact) mass is 375 g/mol. The van der Waals surface area contributed by atoms with Gasteiger partial charge in [-0.3, -0.25) is 14.8 Å². The smallest absolute Gasteiger partial charge is 0.312 e. The summed E-state index contributed by atoms with van der Waals surface area (Å²) < 4.78 is 34.9. The van der Waals surface area contributed by atoms with Crippen LogP contribution in [0.3, 0.4) is 0 Å². The zero-order valence-electron chi connectivity index (χ0n) is 13.5. The Morgan fingerprint density at radius 2 is 2.08 bits per heavy atom. The van der Waals surface area contributed by atoms with Crippen molar-refractivity contribution in [2.24, 2.45) is 0 Å². The molecule has 0 aromatic rings. The third-order valence-electron chi connectivity index (χ3n) is 4.72. The molecule has 3 amide bonds. The highest BCUT2D eigenvalue weighted by molar-refractivity contribution is 7.80. The van der Waals surface area contributed by atoms with Gasteiger partial charge in [0.15, 0.2) is 0 Å². The summed E-state index contributed by atoms with van der Waals surface area (Å²) >= 11 is 0. The van der Waals surface area contributed by atoms with Crippen molar-refractivity contribution in [3.05, 3.63) is 0 Å². The molecule has 0 saturated carbocycles. The minimum Gasteiger partial charge on any atom is -0.312 e. The van der Waals surface area contributed by atoms with Gasteiger partial charge in [-0.1, -0.05) is 6.42 Å². The van der Waals surface area contributed by atoms with Crippen LogP contribution in [0.25, 0.3) is 0 Å². The van der Waals surface area contributed by atoms with E-state index < -0.39 is 28.5 Å². The van der Waals surface area contributed by atoms with Crippen LogP contribution in [-0.2, 0) is 19.5 Å². The first kappa shape index (κ1) is 18.0. The van der Waals surface area contributed by atoms with Crippen LogP contribution in [0.15, 0.2) is 0 Å². The number of amides is 3. The van der Waals surface area contributed by atoms with E-state index in [9.17, 15) is 18.0 Å². The number of urea groups is 1. The van der Waals surface area contributed by atoms with Crippen LogP contribution in [-0.4, -0.2) is 71.9 Å². The summed E-state index contributed by atoms with van der Waals surface area (Å²) in [5.74, 6) is -0.401. The number of hydroxylamine groups is 2. The van der Waals surface area contributed by atoms with Gasteiger partial charge in [0.2, 0.25) is 5.91 Å². The molecule has 25 heavy (non-hydrogen) atoms. The van der Waals surface area contributed by atoms with E-state index in [1.807, 2.05) is 0 Å². The van der Waals surface area contributed by atoms with Crippen LogP contribution in [0.5, 0.6) is 0 Å². The molecule has 3 aliphatic rings. The Hall–Kier alpha value is -1.76. The summed E-state index contributed by atoms with van der Waals surface area (Å²) in [5, 5.41) is 14.4. The zero-order valence-corrected chi connectivity index (χ0v) is 14.3. The van der Waals surface area contributed by atoms with Gasteiger partial charge >= 0.3 is 16.4 Å². The quantitative estimate of drug-likeness (QED) is 0.286. The van der Waals surface area contributed by atoms with E-state index in [1.54, 1.807) is 0 Å². The molecule has 3 fully saturated rings. The van der Waals surface area contributed by atoms with Crippen molar-refractivity contribution in [1.29, 1.82) is 5.41 Å². The van der Waals surface area contributed by atoms with Gasteiger partial charge in [-0.05, 0) is 32.2 Å². The number of fused-ring (bicyclic) bond motifs is 2. The van der Waals surface area contributed by atoms with Gasteiger partial charge < -0.3 is 15.5 Å². The fourth-order valence-corrected chi connectivity index (χ4v) is 3.90. The number of hydrogen-bond acceptors (Lipinski definition) is 7. The molecular formula is C13H21N5O6S. The Kier molecular flexibility index (Phi) is 4.95. The topological polar surface area (TPSA) is 152 Å². The molecule has 0 radical (unpaired) electrons. The van der Waals surface area contributed by atoms with E-state index in [0.717, 1.165) is 19.4 Å². The first-order valence-electron chi connectivity index (χ1n) is 8.16. The summed E-state index contributed by atoms with van der Waals surface area (Å²) in [5.41, 5.74) is 0. The Labute approximate surface area is 145 Å². The molecule has 3 heterocycles. The van der Waals surface area contributed by atoms with Crippen LogP contribution in [0.4, 0.5) is 4.79 Å². The van der Waals surface area contributed by atoms with Crippen molar-refractivity contribution >= 4 is 28.2 Å². The van der Waals surface area contributed by atoms with Gasteiger partial charge in [-0.2, -0.15) is 13.5 Å². The average Bonchev–Trinajstić information content (AvgIpc) is 2.79. The summed E-state index contributed by atoms with van der Waals surface area (Å²) in [6.45, 7) is 0.919. The van der Waals surface area contributed by atoms with Crippen LogP contribution in [0.2, 0.25) is 0 Å². The predicted octanol–water partition coefficient (Wildman–Crippen LogP) is -0.775. The molecule has 140 valence electrons. The predicted molar refractivity (Wildman–Crippen MR) is 84.9 cm³/mol. The summed E-state index contributed by atoms with van der Waals surface area (Å²) in [4.78, 5) is 25.8. The van der Waals surface area contributed by atoms with E-state index in [-0.39, 0.29) is 24.3 Å². The molecule has 4 N–H and O–H groups in total. The van der Waals surface area contributed by atoms with E-state index in [0.29, 0.717) is 24.3 Å². The lowest BCUT2D eigenvalue weighted by molar-refractivity contribution is -0.122. The van der Waals surface area contributed by atoms with E-state index in [2.05, 4.69) is 14.9 Å². The highest BCUT2D eigenvalue weighted by Crippen LogP contribution is 2.30. The fourth-order valence-electron chi connectivity index (χ4n) is 3.51. The number of piperidine rings is 2. The standard InChI is InChI=1S/C13H21N5O6S/c14-11(16-12(19)9-3-1-2-6-15-9)10-5-4-8-7-17(10)13(20)18(8)24-25(21,22)23/h8-10,15H,1-7H2,(H2,14,16,19)(H,21,22,23)/t8-,9?,10+/m1/s1. The van der Waals surface area contributed by atoms with Gasteiger partial charge in [0.05, 0.1) is 18.1 Å². The van der Waals surface area contributed by atoms with Crippen molar-refractivity contribution in [2.45, 2.75) is 50.2 Å². The Bertz CT molecular complexity index is 676. The second-order valence-electron chi connectivity index (χ2n) is 6.42. The lowest BCUT2D eigenvalue weighted by Crippen LogP contribution is -2.54. The molecule has 2 bridgehead atoms. The summed E-state index contributed by atoms with van der Waals surface area (Å²) in [6.07, 6.45) is 3.43. The van der Waals surface area contributed by atoms with Crippen molar-refractivity contribution in [1.82, 2.24) is 20.6 Å². The largest absolute Gasteiger partial charge is 0.418 e. The Balaban J connectivity index is 1.63. The van der Waals surface area contributed by atoms with Crippen LogP contribution >= 0.6 is 0 Å². The summed E-state index contributed by atoms with van der Waals surface area (Å²) in [6, 6.07) is -2.28. The molecule has 3 aliphatic heterocycles. The number of rotatable bonds is 4. The molecule has 0 spiro atoms. The number of amidine groups is 1. The van der Waals surface area contributed by atoms with Crippen molar-refractivity contribution in [3.63, 3.8) is 0 Å². The third kappa shape index (κ3) is 3.92. The summed E-state index contributed by atoms with van der Waals surface area (Å²) in [7, 11) is -4.80. The molecule has 0 aliphatic carbocycles. The van der Waals surface area contributed by atoms with Crippen LogP contribution < -0.4 is 10.6 Å². The first-order valence-corrected chi connectivity index (χ1v) is 9.52. The Morgan fingerprint density at radius 3 is 2.72 bits per heavy atom. The second-order valence-corrected chi connectivity index (χ2v) is 7.42. The van der Waals surface area contributed by atoms with E-state index in [4.69, 9.17) is 9.96 Å². The number of nitrogens with one attached hydrogen (secondary N) is 3. The molecule has 0 aromatic carbocycles. The molecule has 0 aromatic heterocycles. The van der Waals surface area contributed by atoms with Crippen molar-refractivity contribution in [2.75, 3.05) is 13.1 Å². The van der Waals surface area contributed by atoms with Gasteiger partial charge in [0.1, 0.15) is 5.84 Å². The second kappa shape index (κ2) is 6.86. The number of carbonyl (C=O) groups excluding carboxylic acids is 2. The zero-order chi connectivity index (χ0) is 18.2. The number of nitrogens with zero attached hydrogens (tertiary/aromatic N) is 2. The first-order chi connectivity index (χ1) is 11.8. The molecule has 3 rings (SSSR count). The average molecular weight is 375 g/mol. The molecule has 11 nitrogen and oxygen atoms in total. The van der Waals surface area contributed by atoms with Crippen LogP contribution in [0.1, 0.15) is 32.1 Å². The van der Waals surface area contributed by atoms with Gasteiger partial charge in [-0.15, -0.1) is 4.28 Å². The van der Waals surface area contributed by atoms with E-state index in [1.165, 1.54) is 4.90 Å². The number of carbonyl (C=O) groups is 2. The third-order valence-corrected chi connectivity index (χ3v) is 5.06. The lowest BCUT2D eigenvalue weighted by atomic mass is 9.99. The highest BCUT2D eigenvalue weighted by Gasteiger charge is 2.48. The molecule has 1 unspecified atom stereocenters. The number of hydrogen-bond donors (Lipinski definition) is 4. The SMILES string of the molecule is N=C(NC(=O)C1CCCCN1)[C@@H]1CC[C@@H]2CN1C(=O)N2OS(=O)(=O)O. The van der Waals surface area contributed by atoms with Gasteiger partial charge in [0.25, 0.3) is 0 Å². The Morgan fingerprint density at radius 1 is 1.32 bits per heavy atom. The maximum Gasteiger partial charge on any atom is 0.418 e. The molecule has 3 atom stereocenters. The normalized spacial score (nSPS) is 29.6. The van der Waals surface area contributed by atoms with Crippen molar-refractivity contribution < 1.29 is 26.8 Å². The minimum atomic E-state index is -4.80. The fraction of sp³-hybridized carbons (Fsp3) is 0.769. The highest BCUT2D eigenvalue weighted by atomic mass is 32.3. The lowest BCUT2D eigenvalue weighted by Gasteiger charge is -2.31. The van der Waals surface area contributed by atoms with Gasteiger partial charge in [-0.25, -0.2) is 4.79 Å². The molecule has 3 saturated heterocycles. The van der Waals surface area contributed by atoms with Crippen molar-refractivity contribution in [3.8, 4) is 0 Å². The molecule has 12 heteroatoms. The van der Waals surface area contributed by atoms with Gasteiger partial charge in [0, 0.05) is 6.54 Å². The van der Waals surface area contributed by atoms with E-state index >= 15 is 0 Å². The van der Waals surface area contributed by atoms with Crippen LogP contribution in [0, 0.1) is 5.41 Å². The maximum absolute atomic E-state index is 12.3. The minimum absolute atomic E-state index is 0.0992. The maximum atomic E-state index is 12.3.